The van der Waals surface area contributed by atoms with Gasteiger partial charge in [-0.05, 0) is 31.9 Å². The average molecular weight is 373 g/mol. The van der Waals surface area contributed by atoms with Crippen LogP contribution in [0.25, 0.3) is 0 Å². The van der Waals surface area contributed by atoms with Gasteiger partial charge in [-0.15, -0.1) is 0 Å². The van der Waals surface area contributed by atoms with E-state index in [1.807, 2.05) is 19.9 Å². The van der Waals surface area contributed by atoms with Crippen molar-refractivity contribution in [2.75, 3.05) is 12.3 Å². The topological polar surface area (TPSA) is 113 Å². The van der Waals surface area contributed by atoms with Gasteiger partial charge in [-0.2, -0.15) is 0 Å². The van der Waals surface area contributed by atoms with E-state index in [9.17, 15) is 19.2 Å². The summed E-state index contributed by atoms with van der Waals surface area (Å²) in [6, 6.07) is 5.21. The number of ether oxygens (including phenoxy) is 1. The Balaban J connectivity index is 2.29. The van der Waals surface area contributed by atoms with E-state index in [0.29, 0.717) is 12.0 Å². The highest BCUT2D eigenvalue weighted by molar-refractivity contribution is 6.02. The van der Waals surface area contributed by atoms with Crippen LogP contribution in [0.15, 0.2) is 27.8 Å². The van der Waals surface area contributed by atoms with Gasteiger partial charge in [0.15, 0.2) is 6.61 Å². The SMILES string of the molecule is CCCn1c(N)c(C(=O)COC(=O)c2ccc(C)cc2C)c(=O)n(C)c1=O. The number of aryl methyl sites for hydroxylation is 2. The monoisotopic (exact) mass is 373 g/mol. The first-order chi connectivity index (χ1) is 12.7. The Bertz CT molecular complexity index is 1020. The third-order valence-corrected chi connectivity index (χ3v) is 4.25. The summed E-state index contributed by atoms with van der Waals surface area (Å²) < 4.78 is 7.06. The number of aromatic nitrogens is 2. The first kappa shape index (κ1) is 20.2. The summed E-state index contributed by atoms with van der Waals surface area (Å²) in [7, 11) is 1.27. The Labute approximate surface area is 156 Å². The number of carbonyl (C=O) groups is 2. The Kier molecular flexibility index (Phi) is 5.99. The predicted octanol–water partition coefficient (Wildman–Crippen LogP) is 1.20. The molecule has 2 N–H and O–H groups in total. The number of carbonyl (C=O) groups excluding carboxylic acids is 2. The minimum atomic E-state index is -0.808. The van der Waals surface area contributed by atoms with E-state index < -0.39 is 29.6 Å². The smallest absolute Gasteiger partial charge is 0.338 e. The molecule has 0 bridgehead atoms. The van der Waals surface area contributed by atoms with E-state index in [2.05, 4.69) is 0 Å². The zero-order chi connectivity index (χ0) is 20.3. The fourth-order valence-corrected chi connectivity index (χ4v) is 2.81. The quantitative estimate of drug-likeness (QED) is 0.601. The summed E-state index contributed by atoms with van der Waals surface area (Å²) in [5.74, 6) is -1.63. The first-order valence-electron chi connectivity index (χ1n) is 8.55. The average Bonchev–Trinajstić information content (AvgIpc) is 2.61. The summed E-state index contributed by atoms with van der Waals surface area (Å²) in [5.41, 5.74) is 6.19. The molecule has 0 aliphatic carbocycles. The molecule has 27 heavy (non-hydrogen) atoms. The molecule has 1 aromatic heterocycles. The van der Waals surface area contributed by atoms with Gasteiger partial charge in [0.2, 0.25) is 5.78 Å². The fraction of sp³-hybridized carbons (Fsp3) is 0.368. The third-order valence-electron chi connectivity index (χ3n) is 4.25. The van der Waals surface area contributed by atoms with E-state index in [-0.39, 0.29) is 17.9 Å². The van der Waals surface area contributed by atoms with Gasteiger partial charge in [-0.1, -0.05) is 24.6 Å². The molecule has 0 aliphatic rings. The molecule has 0 aliphatic heterocycles. The zero-order valence-corrected chi connectivity index (χ0v) is 15.9. The summed E-state index contributed by atoms with van der Waals surface area (Å²) in [4.78, 5) is 49.2. The number of nitrogen functional groups attached to an aromatic ring is 1. The Morgan fingerprint density at radius 2 is 1.85 bits per heavy atom. The molecule has 0 unspecified atom stereocenters. The van der Waals surface area contributed by atoms with E-state index in [4.69, 9.17) is 10.5 Å². The van der Waals surface area contributed by atoms with Gasteiger partial charge in [-0.25, -0.2) is 9.59 Å². The van der Waals surface area contributed by atoms with Gasteiger partial charge < -0.3 is 10.5 Å². The van der Waals surface area contributed by atoms with Gasteiger partial charge >= 0.3 is 11.7 Å². The second kappa shape index (κ2) is 8.03. The second-order valence-electron chi connectivity index (χ2n) is 6.38. The lowest BCUT2D eigenvalue weighted by molar-refractivity contribution is 0.0473. The Morgan fingerprint density at radius 3 is 2.44 bits per heavy atom. The van der Waals surface area contributed by atoms with Crippen LogP contribution in [0.5, 0.6) is 0 Å². The lowest BCUT2D eigenvalue weighted by atomic mass is 10.1. The van der Waals surface area contributed by atoms with E-state index in [1.54, 1.807) is 19.1 Å². The number of benzene rings is 1. The highest BCUT2D eigenvalue weighted by Crippen LogP contribution is 2.13. The zero-order valence-electron chi connectivity index (χ0n) is 15.9. The van der Waals surface area contributed by atoms with Crippen molar-refractivity contribution in [2.24, 2.45) is 7.05 Å². The molecule has 0 saturated carbocycles. The maximum atomic E-state index is 12.5. The summed E-state index contributed by atoms with van der Waals surface area (Å²) in [5, 5.41) is 0. The van der Waals surface area contributed by atoms with E-state index in [0.717, 1.165) is 15.7 Å². The van der Waals surface area contributed by atoms with Crippen LogP contribution in [0.3, 0.4) is 0 Å². The van der Waals surface area contributed by atoms with Crippen LogP contribution in [0.4, 0.5) is 5.82 Å². The standard InChI is InChI=1S/C19H23N3O5/c1-5-8-22-16(20)15(17(24)21(4)19(22)26)14(23)10-27-18(25)13-7-6-11(2)9-12(13)3/h6-7,9H,5,8,10,20H2,1-4H3. The summed E-state index contributed by atoms with van der Waals surface area (Å²) >= 11 is 0. The Hall–Kier alpha value is -3.16. The molecule has 0 fully saturated rings. The van der Waals surface area contributed by atoms with Crippen molar-refractivity contribution in [3.63, 3.8) is 0 Å². The van der Waals surface area contributed by atoms with Crippen LogP contribution in [-0.2, 0) is 18.3 Å². The lowest BCUT2D eigenvalue weighted by Crippen LogP contribution is -2.43. The van der Waals surface area contributed by atoms with Crippen molar-refractivity contribution in [3.05, 3.63) is 61.3 Å². The van der Waals surface area contributed by atoms with Crippen molar-refractivity contribution in [2.45, 2.75) is 33.7 Å². The summed E-state index contributed by atoms with van der Waals surface area (Å²) in [6.45, 7) is 5.12. The van der Waals surface area contributed by atoms with E-state index in [1.165, 1.54) is 11.6 Å². The molecule has 0 saturated heterocycles. The number of hydrogen-bond donors (Lipinski definition) is 1. The molecule has 8 nitrogen and oxygen atoms in total. The van der Waals surface area contributed by atoms with Crippen LogP contribution < -0.4 is 17.0 Å². The van der Waals surface area contributed by atoms with Crippen molar-refractivity contribution in [1.29, 1.82) is 0 Å². The van der Waals surface area contributed by atoms with Crippen LogP contribution in [0.1, 0.15) is 45.2 Å². The second-order valence-corrected chi connectivity index (χ2v) is 6.38. The molecule has 0 spiro atoms. The van der Waals surface area contributed by atoms with Gasteiger partial charge in [0.1, 0.15) is 11.4 Å². The summed E-state index contributed by atoms with van der Waals surface area (Å²) in [6.07, 6.45) is 0.595. The highest BCUT2D eigenvalue weighted by Gasteiger charge is 2.23. The minimum Gasteiger partial charge on any atom is -0.454 e. The normalized spacial score (nSPS) is 10.7. The number of esters is 1. The molecule has 2 rings (SSSR count). The third kappa shape index (κ3) is 3.99. The lowest BCUT2D eigenvalue weighted by Gasteiger charge is -2.14. The van der Waals surface area contributed by atoms with Crippen molar-refractivity contribution in [1.82, 2.24) is 9.13 Å². The maximum Gasteiger partial charge on any atom is 0.338 e. The molecular weight excluding hydrogens is 350 g/mol. The van der Waals surface area contributed by atoms with E-state index >= 15 is 0 Å². The van der Waals surface area contributed by atoms with Crippen molar-refractivity contribution >= 4 is 17.6 Å². The van der Waals surface area contributed by atoms with Crippen LogP contribution in [0.2, 0.25) is 0 Å². The number of hydrogen-bond acceptors (Lipinski definition) is 6. The van der Waals surface area contributed by atoms with Gasteiger partial charge in [0.05, 0.1) is 5.56 Å². The van der Waals surface area contributed by atoms with Crippen molar-refractivity contribution in [3.8, 4) is 0 Å². The van der Waals surface area contributed by atoms with Crippen LogP contribution in [-0.4, -0.2) is 27.5 Å². The fourth-order valence-electron chi connectivity index (χ4n) is 2.81. The molecule has 0 radical (unpaired) electrons. The van der Waals surface area contributed by atoms with Crippen molar-refractivity contribution < 1.29 is 14.3 Å². The number of nitrogens with two attached hydrogens (primary N) is 1. The number of Topliss-reactive ketones (excluding diaryl/α,β-unsaturated/α-hetero) is 1. The maximum absolute atomic E-state index is 12.5. The van der Waals surface area contributed by atoms with Gasteiger partial charge in [0.25, 0.3) is 5.56 Å². The molecule has 0 amide bonds. The highest BCUT2D eigenvalue weighted by atomic mass is 16.5. The Morgan fingerprint density at radius 1 is 1.19 bits per heavy atom. The largest absolute Gasteiger partial charge is 0.454 e. The molecule has 1 aromatic carbocycles. The number of nitrogens with zero attached hydrogens (tertiary/aromatic N) is 2. The first-order valence-corrected chi connectivity index (χ1v) is 8.55. The van der Waals surface area contributed by atoms with Gasteiger partial charge in [-0.3, -0.25) is 18.7 Å². The van der Waals surface area contributed by atoms with Crippen LogP contribution in [0, 0.1) is 13.8 Å². The number of ketones is 1. The molecule has 1 heterocycles. The predicted molar refractivity (Wildman–Crippen MR) is 101 cm³/mol. The molecule has 0 atom stereocenters. The van der Waals surface area contributed by atoms with Crippen LogP contribution >= 0.6 is 0 Å². The molecule has 2 aromatic rings. The molecular formula is C19H23N3O5. The molecule has 8 heteroatoms. The number of rotatable bonds is 6. The minimum absolute atomic E-state index is 0.211. The molecule has 144 valence electrons. The van der Waals surface area contributed by atoms with Gasteiger partial charge in [0, 0.05) is 13.6 Å². The number of anilines is 1.